The minimum Gasteiger partial charge on any atom is -0.455 e. The fourth-order valence-electron chi connectivity index (χ4n) is 3.10. The molecular weight excluding hydrogens is 469 g/mol. The molecule has 0 bridgehead atoms. The van der Waals surface area contributed by atoms with Gasteiger partial charge in [0.15, 0.2) is 11.6 Å². The first-order valence-electron chi connectivity index (χ1n) is 9.23. The van der Waals surface area contributed by atoms with Crippen LogP contribution in [0.25, 0.3) is 0 Å². The Morgan fingerprint density at radius 3 is 2.33 bits per heavy atom. The Labute approximate surface area is 180 Å². The maximum absolute atomic E-state index is 13.5. The molecule has 180 valence electrons. The number of anilines is 1. The van der Waals surface area contributed by atoms with E-state index < -0.39 is 29.8 Å². The molecule has 0 spiro atoms. The van der Waals surface area contributed by atoms with Crippen molar-refractivity contribution in [3.8, 4) is 0 Å². The van der Waals surface area contributed by atoms with Crippen LogP contribution in [0.2, 0.25) is 0 Å². The Kier molecular flexibility index (Phi) is 6.02. The maximum Gasteiger partial charge on any atom is 0.460 e. The lowest BCUT2D eigenvalue weighted by molar-refractivity contribution is -0.344. The highest BCUT2D eigenvalue weighted by atomic mass is 19.4. The second-order valence-electron chi connectivity index (χ2n) is 7.13. The zero-order chi connectivity index (χ0) is 24.8. The Hall–Kier alpha value is -3.39. The zero-order valence-electron chi connectivity index (χ0n) is 16.9. The van der Waals surface area contributed by atoms with E-state index in [9.17, 15) is 40.3 Å². The molecule has 8 nitrogen and oxygen atoms in total. The molecule has 1 aliphatic rings. The molecule has 1 aliphatic carbocycles. The molecule has 15 heteroatoms. The van der Waals surface area contributed by atoms with Crippen LogP contribution in [0.1, 0.15) is 46.0 Å². The average Bonchev–Trinajstić information content (AvgIpc) is 3.28. The number of aryl methyl sites for hydroxylation is 2. The predicted molar refractivity (Wildman–Crippen MR) is 96.2 cm³/mol. The smallest absolute Gasteiger partial charge is 0.455 e. The van der Waals surface area contributed by atoms with Crippen LogP contribution in [0.4, 0.5) is 36.6 Å². The van der Waals surface area contributed by atoms with E-state index in [1.54, 1.807) is 6.92 Å². The molecule has 2 aromatic heterocycles. The lowest BCUT2D eigenvalue weighted by Gasteiger charge is -2.26. The van der Waals surface area contributed by atoms with Crippen molar-refractivity contribution >= 4 is 23.3 Å². The summed E-state index contributed by atoms with van der Waals surface area (Å²) in [5.74, 6) is -15.9. The van der Waals surface area contributed by atoms with Gasteiger partial charge in [-0.2, -0.15) is 35.8 Å². The first-order chi connectivity index (χ1) is 15.2. The number of rotatable bonds is 5. The van der Waals surface area contributed by atoms with Gasteiger partial charge in [-0.1, -0.05) is 5.16 Å². The normalized spacial score (nSPS) is 16.0. The zero-order valence-corrected chi connectivity index (χ0v) is 16.9. The van der Waals surface area contributed by atoms with Gasteiger partial charge in [0.1, 0.15) is 11.5 Å². The summed E-state index contributed by atoms with van der Waals surface area (Å²) in [5.41, 5.74) is 1.27. The average molecular weight is 484 g/mol. The van der Waals surface area contributed by atoms with Gasteiger partial charge in [-0.05, 0) is 26.7 Å². The molecule has 0 unspecified atom stereocenters. The number of hydrogen-bond donors (Lipinski definition) is 2. The van der Waals surface area contributed by atoms with E-state index in [-0.39, 0.29) is 40.6 Å². The van der Waals surface area contributed by atoms with Crippen LogP contribution in [-0.2, 0) is 11.2 Å². The van der Waals surface area contributed by atoms with Crippen LogP contribution in [-0.4, -0.2) is 40.7 Å². The lowest BCUT2D eigenvalue weighted by Crippen LogP contribution is -2.58. The van der Waals surface area contributed by atoms with E-state index in [0.29, 0.717) is 18.6 Å². The minimum atomic E-state index is -6.66. The van der Waals surface area contributed by atoms with Crippen molar-refractivity contribution in [1.82, 2.24) is 10.6 Å². The summed E-state index contributed by atoms with van der Waals surface area (Å²) in [6.45, 7) is 3.00. The number of carbonyl (C=O) groups is 2. The third-order valence-electron chi connectivity index (χ3n) is 4.73. The number of carbonyl (C=O) groups excluding carboxylic acids is 2. The summed E-state index contributed by atoms with van der Waals surface area (Å²) in [6, 6.07) is 1.43. The van der Waals surface area contributed by atoms with Crippen LogP contribution in [0.3, 0.4) is 0 Å². The molecule has 33 heavy (non-hydrogen) atoms. The molecule has 0 aliphatic heterocycles. The number of nitrogens with zero attached hydrogens (tertiary/aromatic N) is 2. The molecule has 0 saturated carbocycles. The number of hydrogen-bond acceptors (Lipinski definition) is 6. The quantitative estimate of drug-likeness (QED) is 0.490. The van der Waals surface area contributed by atoms with Gasteiger partial charge in [-0.3, -0.25) is 9.59 Å². The summed E-state index contributed by atoms with van der Waals surface area (Å²) in [5, 5.41) is 9.32. The van der Waals surface area contributed by atoms with Gasteiger partial charge in [0.05, 0.1) is 5.71 Å². The van der Waals surface area contributed by atoms with Gasteiger partial charge < -0.3 is 14.3 Å². The van der Waals surface area contributed by atoms with Crippen LogP contribution in [0.15, 0.2) is 20.1 Å². The molecular formula is C18H15F7N4O4. The third kappa shape index (κ3) is 4.30. The Bertz CT molecular complexity index is 1120. The van der Waals surface area contributed by atoms with E-state index in [4.69, 9.17) is 8.94 Å². The Morgan fingerprint density at radius 1 is 1.09 bits per heavy atom. The monoisotopic (exact) mass is 484 g/mol. The van der Waals surface area contributed by atoms with Crippen LogP contribution in [0, 0.1) is 13.8 Å². The van der Waals surface area contributed by atoms with E-state index >= 15 is 0 Å². The number of aromatic nitrogens is 1. The summed E-state index contributed by atoms with van der Waals surface area (Å²) in [4.78, 5) is 24.0. The van der Waals surface area contributed by atoms with E-state index in [1.807, 2.05) is 0 Å². The van der Waals surface area contributed by atoms with Crippen LogP contribution in [0.5, 0.6) is 0 Å². The molecule has 0 radical (unpaired) electrons. The highest BCUT2D eigenvalue weighted by Gasteiger charge is 2.76. The number of halogens is 7. The third-order valence-corrected chi connectivity index (χ3v) is 4.73. The van der Waals surface area contributed by atoms with Gasteiger partial charge in [-0.15, -0.1) is 0 Å². The maximum atomic E-state index is 13.5. The van der Waals surface area contributed by atoms with E-state index in [2.05, 4.69) is 15.6 Å². The molecule has 0 atom stereocenters. The van der Waals surface area contributed by atoms with Gasteiger partial charge in [0.2, 0.25) is 0 Å². The number of amides is 2. The van der Waals surface area contributed by atoms with Crippen LogP contribution < -0.4 is 10.7 Å². The molecule has 2 heterocycles. The molecule has 2 N–H and O–H groups in total. The number of nitrogens with one attached hydrogen (secondary N) is 2. The highest BCUT2D eigenvalue weighted by Crippen LogP contribution is 2.46. The highest BCUT2D eigenvalue weighted by molar-refractivity contribution is 6.09. The molecule has 2 amide bonds. The largest absolute Gasteiger partial charge is 0.460 e. The second-order valence-corrected chi connectivity index (χ2v) is 7.13. The lowest BCUT2D eigenvalue weighted by atomic mass is 9.93. The van der Waals surface area contributed by atoms with E-state index in [1.165, 1.54) is 13.0 Å². The molecule has 0 fully saturated rings. The van der Waals surface area contributed by atoms with Crippen molar-refractivity contribution in [2.75, 3.05) is 5.32 Å². The van der Waals surface area contributed by atoms with Crippen molar-refractivity contribution < 1.29 is 49.3 Å². The Balaban J connectivity index is 1.85. The number of hydrazone groups is 1. The van der Waals surface area contributed by atoms with Gasteiger partial charge in [-0.25, -0.2) is 5.43 Å². The summed E-state index contributed by atoms with van der Waals surface area (Å²) < 4.78 is 100. The van der Waals surface area contributed by atoms with Gasteiger partial charge in [0.25, 0.3) is 5.91 Å². The SMILES string of the molecule is Cc1cc(NC(=O)c2oc3c(c2C)/C(=N/NC(=O)C(F)(F)C(F)(F)C(F)(F)F)CCC3)no1. The van der Waals surface area contributed by atoms with Crippen molar-refractivity contribution in [2.45, 2.75) is 51.1 Å². The standard InChI is InChI=1S/C18H15F7N4O4/c1-7-6-11(29-33-7)26-14(30)13-8(2)12-9(4-3-5-10(12)32-13)27-28-15(31)16(19,20)17(21,22)18(23,24)25/h6H,3-5H2,1-2H3,(H,28,31)(H,26,29,30)/b27-9+. The van der Waals surface area contributed by atoms with Gasteiger partial charge in [0, 0.05) is 23.6 Å². The van der Waals surface area contributed by atoms with Crippen molar-refractivity contribution in [3.63, 3.8) is 0 Å². The van der Waals surface area contributed by atoms with Crippen molar-refractivity contribution in [2.24, 2.45) is 5.10 Å². The van der Waals surface area contributed by atoms with E-state index in [0.717, 1.165) is 5.43 Å². The predicted octanol–water partition coefficient (Wildman–Crippen LogP) is 4.13. The number of fused-ring (bicyclic) bond motifs is 1. The Morgan fingerprint density at radius 2 is 1.76 bits per heavy atom. The second kappa shape index (κ2) is 8.19. The van der Waals surface area contributed by atoms with Crippen LogP contribution >= 0.6 is 0 Å². The van der Waals surface area contributed by atoms with Gasteiger partial charge >= 0.3 is 23.9 Å². The fourth-order valence-corrected chi connectivity index (χ4v) is 3.10. The topological polar surface area (TPSA) is 110 Å². The molecule has 0 saturated heterocycles. The minimum absolute atomic E-state index is 0.0401. The fraction of sp³-hybridized carbons (Fsp3) is 0.444. The summed E-state index contributed by atoms with van der Waals surface area (Å²) in [6.07, 6.45) is -6.02. The number of alkyl halides is 7. The summed E-state index contributed by atoms with van der Waals surface area (Å²) >= 11 is 0. The first-order valence-corrected chi connectivity index (χ1v) is 9.23. The molecule has 0 aromatic carbocycles. The first kappa shape index (κ1) is 24.3. The molecule has 2 aromatic rings. The number of furan rings is 1. The van der Waals surface area contributed by atoms with Crippen molar-refractivity contribution in [1.29, 1.82) is 0 Å². The molecule has 3 rings (SSSR count). The summed E-state index contributed by atoms with van der Waals surface area (Å²) in [7, 11) is 0. The van der Waals surface area contributed by atoms with Crippen molar-refractivity contribution in [3.05, 3.63) is 34.5 Å².